The number of aryl methyl sites for hydroxylation is 1. The maximum Gasteiger partial charge on any atom is 0.119 e. The van der Waals surface area contributed by atoms with Crippen LogP contribution in [0.25, 0.3) is 0 Å². The minimum atomic E-state index is -0.823. The number of rotatable bonds is 9. The highest BCUT2D eigenvalue weighted by Crippen LogP contribution is 2.12. The van der Waals surface area contributed by atoms with Gasteiger partial charge in [-0.2, -0.15) is 0 Å². The third-order valence-electron chi connectivity index (χ3n) is 2.65. The molecule has 1 atom stereocenters. The SMILES string of the molecule is CCc1ccc(OCCCS(=O)CCCO)cc1. The van der Waals surface area contributed by atoms with E-state index in [4.69, 9.17) is 9.84 Å². The van der Waals surface area contributed by atoms with Crippen molar-refractivity contribution in [2.24, 2.45) is 0 Å². The number of hydrogen-bond donors (Lipinski definition) is 1. The topological polar surface area (TPSA) is 46.5 Å². The molecule has 3 nitrogen and oxygen atoms in total. The van der Waals surface area contributed by atoms with Crippen LogP contribution in [0.2, 0.25) is 0 Å². The van der Waals surface area contributed by atoms with E-state index in [9.17, 15) is 4.21 Å². The van der Waals surface area contributed by atoms with Gasteiger partial charge < -0.3 is 9.84 Å². The Morgan fingerprint density at radius 1 is 1.17 bits per heavy atom. The fraction of sp³-hybridized carbons (Fsp3) is 0.571. The molecule has 0 aliphatic carbocycles. The van der Waals surface area contributed by atoms with Crippen LogP contribution < -0.4 is 4.74 Å². The molecule has 1 rings (SSSR count). The van der Waals surface area contributed by atoms with Crippen molar-refractivity contribution in [1.82, 2.24) is 0 Å². The molecule has 1 N–H and O–H groups in total. The molecule has 0 bridgehead atoms. The molecule has 1 unspecified atom stereocenters. The number of benzene rings is 1. The smallest absolute Gasteiger partial charge is 0.119 e. The number of ether oxygens (including phenoxy) is 1. The predicted molar refractivity (Wildman–Crippen MR) is 75.5 cm³/mol. The van der Waals surface area contributed by atoms with Gasteiger partial charge in [-0.1, -0.05) is 19.1 Å². The first kappa shape index (κ1) is 15.2. The molecule has 0 radical (unpaired) electrons. The molecule has 0 fully saturated rings. The van der Waals surface area contributed by atoms with Crippen LogP contribution >= 0.6 is 0 Å². The molecule has 102 valence electrons. The highest BCUT2D eigenvalue weighted by atomic mass is 32.2. The molecule has 0 amide bonds. The Balaban J connectivity index is 2.15. The zero-order chi connectivity index (χ0) is 13.2. The molecule has 0 heterocycles. The molecule has 0 spiro atoms. The van der Waals surface area contributed by atoms with Crippen molar-refractivity contribution in [3.05, 3.63) is 29.8 Å². The normalized spacial score (nSPS) is 12.3. The summed E-state index contributed by atoms with van der Waals surface area (Å²) in [5.41, 5.74) is 1.30. The van der Waals surface area contributed by atoms with Crippen molar-refractivity contribution in [2.45, 2.75) is 26.2 Å². The molecule has 4 heteroatoms. The highest BCUT2D eigenvalue weighted by Gasteiger charge is 2.00. The maximum absolute atomic E-state index is 11.4. The lowest BCUT2D eigenvalue weighted by atomic mass is 10.2. The minimum Gasteiger partial charge on any atom is -0.494 e. The van der Waals surface area contributed by atoms with Crippen LogP contribution in [0.1, 0.15) is 25.3 Å². The average Bonchev–Trinajstić information content (AvgIpc) is 2.42. The fourth-order valence-electron chi connectivity index (χ4n) is 1.56. The van der Waals surface area contributed by atoms with Crippen LogP contribution in [-0.2, 0) is 17.2 Å². The molecule has 18 heavy (non-hydrogen) atoms. The van der Waals surface area contributed by atoms with Crippen LogP contribution in [0.5, 0.6) is 5.75 Å². The van der Waals surface area contributed by atoms with Gasteiger partial charge in [0.25, 0.3) is 0 Å². The predicted octanol–water partition coefficient (Wildman–Crippen LogP) is 2.15. The number of aliphatic hydroxyl groups is 1. The fourth-order valence-corrected chi connectivity index (χ4v) is 2.65. The summed E-state index contributed by atoms with van der Waals surface area (Å²) in [6.45, 7) is 2.83. The highest BCUT2D eigenvalue weighted by molar-refractivity contribution is 7.84. The first-order valence-electron chi connectivity index (χ1n) is 6.44. The first-order valence-corrected chi connectivity index (χ1v) is 7.92. The van der Waals surface area contributed by atoms with Gasteiger partial charge in [-0.15, -0.1) is 0 Å². The largest absolute Gasteiger partial charge is 0.494 e. The summed E-state index contributed by atoms with van der Waals surface area (Å²) in [7, 11) is -0.823. The van der Waals surface area contributed by atoms with Crippen LogP contribution in [0.3, 0.4) is 0 Å². The number of aliphatic hydroxyl groups excluding tert-OH is 1. The van der Waals surface area contributed by atoms with Crippen molar-refractivity contribution < 1.29 is 14.1 Å². The summed E-state index contributed by atoms with van der Waals surface area (Å²) in [4.78, 5) is 0. The summed E-state index contributed by atoms with van der Waals surface area (Å²) in [6.07, 6.45) is 2.43. The Kier molecular flexibility index (Phi) is 7.69. The second kappa shape index (κ2) is 9.11. The molecule has 1 aromatic carbocycles. The van der Waals surface area contributed by atoms with E-state index in [2.05, 4.69) is 19.1 Å². The van der Waals surface area contributed by atoms with Gasteiger partial charge in [-0.3, -0.25) is 4.21 Å². The Morgan fingerprint density at radius 3 is 2.44 bits per heavy atom. The summed E-state index contributed by atoms with van der Waals surface area (Å²) < 4.78 is 17.0. The van der Waals surface area contributed by atoms with Gasteiger partial charge in [0.1, 0.15) is 5.75 Å². The Labute approximate surface area is 112 Å². The van der Waals surface area contributed by atoms with E-state index >= 15 is 0 Å². The second-order valence-electron chi connectivity index (χ2n) is 4.12. The molecule has 1 aromatic rings. The van der Waals surface area contributed by atoms with E-state index in [0.29, 0.717) is 24.5 Å². The van der Waals surface area contributed by atoms with Crippen molar-refractivity contribution in [1.29, 1.82) is 0 Å². The van der Waals surface area contributed by atoms with Crippen molar-refractivity contribution in [3.63, 3.8) is 0 Å². The lowest BCUT2D eigenvalue weighted by Crippen LogP contribution is -2.08. The molecule has 0 aliphatic heterocycles. The third kappa shape index (κ3) is 6.17. The molecule has 0 saturated carbocycles. The Bertz CT molecular complexity index is 349. The van der Waals surface area contributed by atoms with Gasteiger partial charge in [0.2, 0.25) is 0 Å². The molecule has 0 aliphatic rings. The van der Waals surface area contributed by atoms with Gasteiger partial charge in [0.05, 0.1) is 6.61 Å². The monoisotopic (exact) mass is 270 g/mol. The van der Waals surface area contributed by atoms with E-state index in [0.717, 1.165) is 18.6 Å². The number of hydrogen-bond acceptors (Lipinski definition) is 3. The minimum absolute atomic E-state index is 0.117. The summed E-state index contributed by atoms with van der Waals surface area (Å²) in [5.74, 6) is 2.10. The molecule has 0 aromatic heterocycles. The van der Waals surface area contributed by atoms with Crippen LogP contribution in [0.4, 0.5) is 0 Å². The van der Waals surface area contributed by atoms with Gasteiger partial charge in [0.15, 0.2) is 0 Å². The standard InChI is InChI=1S/C14H22O3S/c1-2-13-5-7-14(8-6-13)17-10-4-12-18(16)11-3-9-15/h5-8,15H,2-4,9-12H2,1H3. The van der Waals surface area contributed by atoms with Crippen LogP contribution in [0, 0.1) is 0 Å². The van der Waals surface area contributed by atoms with E-state index in [1.807, 2.05) is 12.1 Å². The van der Waals surface area contributed by atoms with Gasteiger partial charge in [-0.05, 0) is 37.0 Å². The van der Waals surface area contributed by atoms with Crippen LogP contribution in [0.15, 0.2) is 24.3 Å². The Hall–Kier alpha value is -0.870. The van der Waals surface area contributed by atoms with Gasteiger partial charge in [-0.25, -0.2) is 0 Å². The lowest BCUT2D eigenvalue weighted by molar-refractivity contribution is 0.296. The van der Waals surface area contributed by atoms with E-state index in [1.54, 1.807) is 0 Å². The van der Waals surface area contributed by atoms with Crippen molar-refractivity contribution in [3.8, 4) is 5.75 Å². The van der Waals surface area contributed by atoms with Gasteiger partial charge in [0, 0.05) is 28.9 Å². The van der Waals surface area contributed by atoms with Crippen molar-refractivity contribution >= 4 is 10.8 Å². The zero-order valence-corrected chi connectivity index (χ0v) is 11.7. The van der Waals surface area contributed by atoms with Crippen molar-refractivity contribution in [2.75, 3.05) is 24.7 Å². The zero-order valence-electron chi connectivity index (χ0n) is 10.9. The van der Waals surface area contributed by atoms with E-state index in [1.165, 1.54) is 5.56 Å². The van der Waals surface area contributed by atoms with Gasteiger partial charge >= 0.3 is 0 Å². The summed E-state index contributed by atoms with van der Waals surface area (Å²) in [5, 5.41) is 8.62. The van der Waals surface area contributed by atoms with E-state index < -0.39 is 10.8 Å². The maximum atomic E-state index is 11.4. The lowest BCUT2D eigenvalue weighted by Gasteiger charge is -2.06. The molecular formula is C14H22O3S. The third-order valence-corrected chi connectivity index (χ3v) is 4.13. The second-order valence-corrected chi connectivity index (χ2v) is 5.82. The first-order chi connectivity index (χ1) is 8.76. The van der Waals surface area contributed by atoms with Crippen LogP contribution in [-0.4, -0.2) is 34.0 Å². The summed E-state index contributed by atoms with van der Waals surface area (Å²) in [6, 6.07) is 8.08. The Morgan fingerprint density at radius 2 is 1.83 bits per heavy atom. The molecule has 0 saturated heterocycles. The average molecular weight is 270 g/mol. The molecular weight excluding hydrogens is 248 g/mol. The van der Waals surface area contributed by atoms with E-state index in [-0.39, 0.29) is 6.61 Å². The summed E-state index contributed by atoms with van der Waals surface area (Å²) >= 11 is 0. The quantitative estimate of drug-likeness (QED) is 0.699.